The fourth-order valence-corrected chi connectivity index (χ4v) is 4.51. The van der Waals surface area contributed by atoms with Gasteiger partial charge >= 0.3 is 0 Å². The Morgan fingerprint density at radius 2 is 1.78 bits per heavy atom. The van der Waals surface area contributed by atoms with E-state index in [9.17, 15) is 4.79 Å². The molecular formula is C23H43NO2Si. The van der Waals surface area contributed by atoms with E-state index >= 15 is 0 Å². The zero-order valence-corrected chi connectivity index (χ0v) is 19.8. The molecule has 0 saturated heterocycles. The van der Waals surface area contributed by atoms with Gasteiger partial charge in [0, 0.05) is 6.54 Å². The number of allylic oxidation sites excluding steroid dienone is 1. The Bertz CT molecular complexity index is 507. The van der Waals surface area contributed by atoms with Crippen molar-refractivity contribution < 1.29 is 9.22 Å². The van der Waals surface area contributed by atoms with E-state index in [2.05, 4.69) is 71.8 Å². The summed E-state index contributed by atoms with van der Waals surface area (Å²) in [6, 6.07) is 0. The van der Waals surface area contributed by atoms with Crippen molar-refractivity contribution in [1.82, 2.24) is 5.32 Å². The molecule has 1 aliphatic heterocycles. The summed E-state index contributed by atoms with van der Waals surface area (Å²) >= 11 is 0. The highest BCUT2D eigenvalue weighted by molar-refractivity contribution is 6.74. The van der Waals surface area contributed by atoms with Crippen LogP contribution in [0.2, 0.25) is 18.1 Å². The lowest BCUT2D eigenvalue weighted by atomic mass is 9.93. The standard InChI is InChI=1S/C23H43NO2Si/c1-9-20-21(26-27(7,8)23(4,5)6)16-15-19(3)13-10-12-18(2)14-11-17-24-22(20)25/h9,15-16,18-21H,1,10-14,17H2,2-8H3,(H,24,25)/b16-15+/t18-,19+,20-,21-/m0/s1. The number of rotatable bonds is 3. The Balaban J connectivity index is 3.07. The lowest BCUT2D eigenvalue weighted by Gasteiger charge is -2.40. The van der Waals surface area contributed by atoms with E-state index in [1.807, 2.05) is 0 Å². The Hall–Kier alpha value is -0.873. The molecule has 0 radical (unpaired) electrons. The van der Waals surface area contributed by atoms with Gasteiger partial charge in [-0.15, -0.1) is 6.58 Å². The molecule has 0 aliphatic carbocycles. The van der Waals surface area contributed by atoms with Crippen molar-refractivity contribution in [2.75, 3.05) is 6.54 Å². The summed E-state index contributed by atoms with van der Waals surface area (Å²) in [5, 5.41) is 3.22. The van der Waals surface area contributed by atoms with Crippen molar-refractivity contribution >= 4 is 14.2 Å². The van der Waals surface area contributed by atoms with Crippen LogP contribution in [0.1, 0.15) is 66.7 Å². The van der Waals surface area contributed by atoms with Crippen LogP contribution in [0.4, 0.5) is 0 Å². The molecule has 0 bridgehead atoms. The molecule has 3 nitrogen and oxygen atoms in total. The largest absolute Gasteiger partial charge is 0.409 e. The van der Waals surface area contributed by atoms with Crippen LogP contribution in [0.3, 0.4) is 0 Å². The molecule has 0 aromatic heterocycles. The van der Waals surface area contributed by atoms with Crippen LogP contribution in [0.15, 0.2) is 24.8 Å². The Kier molecular flexibility index (Phi) is 9.50. The first-order valence-corrected chi connectivity index (χ1v) is 13.6. The number of nitrogens with one attached hydrogen (secondary N) is 1. The van der Waals surface area contributed by atoms with Gasteiger partial charge in [0.1, 0.15) is 0 Å². The third-order valence-electron chi connectivity index (χ3n) is 6.31. The first-order chi connectivity index (χ1) is 12.5. The van der Waals surface area contributed by atoms with Crippen LogP contribution in [-0.4, -0.2) is 26.9 Å². The molecule has 0 saturated carbocycles. The maximum Gasteiger partial charge on any atom is 0.229 e. The highest BCUT2D eigenvalue weighted by Gasteiger charge is 2.40. The summed E-state index contributed by atoms with van der Waals surface area (Å²) < 4.78 is 6.66. The van der Waals surface area contributed by atoms with E-state index in [1.165, 1.54) is 25.7 Å². The summed E-state index contributed by atoms with van der Waals surface area (Å²) in [5.41, 5.74) is 0. The smallest absolute Gasteiger partial charge is 0.229 e. The number of amides is 1. The topological polar surface area (TPSA) is 38.3 Å². The van der Waals surface area contributed by atoms with E-state index < -0.39 is 8.32 Å². The molecule has 0 fully saturated rings. The molecule has 1 rings (SSSR count). The molecular weight excluding hydrogens is 350 g/mol. The number of hydrogen-bond acceptors (Lipinski definition) is 2. The van der Waals surface area contributed by atoms with E-state index in [0.717, 1.165) is 18.9 Å². The van der Waals surface area contributed by atoms with Gasteiger partial charge < -0.3 is 9.74 Å². The quantitative estimate of drug-likeness (QED) is 0.465. The molecule has 156 valence electrons. The molecule has 4 heteroatoms. The molecule has 0 aromatic rings. The fourth-order valence-electron chi connectivity index (χ4n) is 3.25. The summed E-state index contributed by atoms with van der Waals surface area (Å²) in [6.07, 6.45) is 11.8. The van der Waals surface area contributed by atoms with Crippen LogP contribution in [0.5, 0.6) is 0 Å². The maximum atomic E-state index is 12.8. The van der Waals surface area contributed by atoms with Crippen LogP contribution >= 0.6 is 0 Å². The zero-order valence-electron chi connectivity index (χ0n) is 18.8. The van der Waals surface area contributed by atoms with Gasteiger partial charge in [0.2, 0.25) is 5.91 Å². The summed E-state index contributed by atoms with van der Waals surface area (Å²) in [4.78, 5) is 12.8. The van der Waals surface area contributed by atoms with Gasteiger partial charge in [0.05, 0.1) is 12.0 Å². The predicted octanol–water partition coefficient (Wildman–Crippen LogP) is 6.09. The van der Waals surface area contributed by atoms with Crippen molar-refractivity contribution in [1.29, 1.82) is 0 Å². The highest BCUT2D eigenvalue weighted by Crippen LogP contribution is 2.38. The van der Waals surface area contributed by atoms with Crippen molar-refractivity contribution in [3.63, 3.8) is 0 Å². The fraction of sp³-hybridized carbons (Fsp3) is 0.783. The van der Waals surface area contributed by atoms with Crippen LogP contribution in [0.25, 0.3) is 0 Å². The molecule has 0 unspecified atom stereocenters. The lowest BCUT2D eigenvalue weighted by Crippen LogP contribution is -2.47. The van der Waals surface area contributed by atoms with Crippen LogP contribution in [0, 0.1) is 17.8 Å². The van der Waals surface area contributed by atoms with Crippen LogP contribution < -0.4 is 5.32 Å². The lowest BCUT2D eigenvalue weighted by molar-refractivity contribution is -0.125. The monoisotopic (exact) mass is 393 g/mol. The van der Waals surface area contributed by atoms with E-state index in [4.69, 9.17) is 4.43 Å². The second-order valence-electron chi connectivity index (χ2n) is 9.94. The maximum absolute atomic E-state index is 12.8. The first-order valence-electron chi connectivity index (χ1n) is 10.7. The van der Waals surface area contributed by atoms with Crippen molar-refractivity contribution in [3.05, 3.63) is 24.8 Å². The van der Waals surface area contributed by atoms with Gasteiger partial charge in [-0.05, 0) is 49.2 Å². The summed E-state index contributed by atoms with van der Waals surface area (Å²) in [5.74, 6) is 0.920. The minimum absolute atomic E-state index is 0.0377. The molecule has 27 heavy (non-hydrogen) atoms. The Morgan fingerprint density at radius 3 is 2.37 bits per heavy atom. The first kappa shape index (κ1) is 24.2. The van der Waals surface area contributed by atoms with Gasteiger partial charge in [0.25, 0.3) is 0 Å². The molecule has 1 heterocycles. The third kappa shape index (κ3) is 7.95. The normalized spacial score (nSPS) is 30.9. The highest BCUT2D eigenvalue weighted by atomic mass is 28.4. The van der Waals surface area contributed by atoms with E-state index in [0.29, 0.717) is 5.92 Å². The van der Waals surface area contributed by atoms with Gasteiger partial charge in [-0.1, -0.05) is 65.7 Å². The van der Waals surface area contributed by atoms with Crippen molar-refractivity contribution in [2.24, 2.45) is 17.8 Å². The second kappa shape index (κ2) is 10.6. The Labute approximate surface area is 169 Å². The third-order valence-corrected chi connectivity index (χ3v) is 10.8. The minimum Gasteiger partial charge on any atom is -0.409 e. The SMILES string of the molecule is C=C[C@@H]1C(=O)NCCC[C@@H](C)CCC[C@@H](C)/C=C/[C@@H]1O[Si](C)(C)C(C)(C)C. The van der Waals surface area contributed by atoms with Crippen molar-refractivity contribution in [3.8, 4) is 0 Å². The van der Waals surface area contributed by atoms with Crippen LogP contribution in [-0.2, 0) is 9.22 Å². The predicted molar refractivity (Wildman–Crippen MR) is 119 cm³/mol. The Morgan fingerprint density at radius 1 is 1.15 bits per heavy atom. The van der Waals surface area contributed by atoms with Gasteiger partial charge in [-0.3, -0.25) is 4.79 Å². The summed E-state index contributed by atoms with van der Waals surface area (Å²) in [7, 11) is -2.00. The minimum atomic E-state index is -2.00. The number of carbonyl (C=O) groups is 1. The van der Waals surface area contributed by atoms with Gasteiger partial charge in [-0.2, -0.15) is 0 Å². The van der Waals surface area contributed by atoms with Gasteiger partial charge in [0.15, 0.2) is 8.32 Å². The molecule has 1 aliphatic rings. The number of carbonyl (C=O) groups excluding carboxylic acids is 1. The van der Waals surface area contributed by atoms with Crippen molar-refractivity contribution in [2.45, 2.75) is 91.0 Å². The number of hydrogen-bond donors (Lipinski definition) is 1. The molecule has 1 amide bonds. The average molecular weight is 394 g/mol. The van der Waals surface area contributed by atoms with Gasteiger partial charge in [-0.25, -0.2) is 0 Å². The molecule has 0 spiro atoms. The zero-order chi connectivity index (χ0) is 20.7. The van der Waals surface area contributed by atoms with E-state index in [-0.39, 0.29) is 23.0 Å². The van der Waals surface area contributed by atoms with E-state index in [1.54, 1.807) is 6.08 Å². The molecule has 1 N–H and O–H groups in total. The second-order valence-corrected chi connectivity index (χ2v) is 14.7. The average Bonchev–Trinajstić information content (AvgIpc) is 2.55. The summed E-state index contributed by atoms with van der Waals surface area (Å²) in [6.45, 7) is 20.5. The molecule has 4 atom stereocenters. The molecule has 0 aromatic carbocycles.